The van der Waals surface area contributed by atoms with E-state index in [1.54, 1.807) is 0 Å². The molecule has 1 aliphatic carbocycles. The molecule has 0 bridgehead atoms. The Hall–Kier alpha value is -1.74. The van der Waals surface area contributed by atoms with Crippen LogP contribution in [0.15, 0.2) is 34.7 Å². The number of benzene rings is 1. The largest absolute Gasteiger partial charge is 0.486 e. The van der Waals surface area contributed by atoms with Gasteiger partial charge in [-0.1, -0.05) is 6.07 Å². The number of hydrogen-bond acceptors (Lipinski definition) is 3. The summed E-state index contributed by atoms with van der Waals surface area (Å²) in [6, 6.07) is 10.2. The molecule has 1 aliphatic rings. The lowest BCUT2D eigenvalue weighted by Gasteiger charge is -2.16. The van der Waals surface area contributed by atoms with Crippen LogP contribution in [-0.4, -0.2) is 0 Å². The molecule has 3 heteroatoms. The topological polar surface area (TPSA) is 48.4 Å². The summed E-state index contributed by atoms with van der Waals surface area (Å²) >= 11 is 0. The average molecular weight is 257 g/mol. The van der Waals surface area contributed by atoms with E-state index in [4.69, 9.17) is 14.9 Å². The fourth-order valence-corrected chi connectivity index (χ4v) is 2.56. The predicted molar refractivity (Wildman–Crippen MR) is 74.0 cm³/mol. The van der Waals surface area contributed by atoms with E-state index in [-0.39, 0.29) is 0 Å². The Bertz CT molecular complexity index is 560. The first-order valence-corrected chi connectivity index (χ1v) is 6.87. The van der Waals surface area contributed by atoms with Crippen LogP contribution in [0.25, 0.3) is 0 Å². The lowest BCUT2D eigenvalue weighted by atomic mass is 9.92. The summed E-state index contributed by atoms with van der Waals surface area (Å²) in [7, 11) is 0. The highest BCUT2D eigenvalue weighted by molar-refractivity contribution is 5.37. The third-order valence-corrected chi connectivity index (χ3v) is 3.62. The summed E-state index contributed by atoms with van der Waals surface area (Å²) in [6.45, 7) is 0.887. The van der Waals surface area contributed by atoms with Gasteiger partial charge in [0.25, 0.3) is 0 Å². The van der Waals surface area contributed by atoms with Crippen molar-refractivity contribution < 1.29 is 9.15 Å². The summed E-state index contributed by atoms with van der Waals surface area (Å²) < 4.78 is 11.3. The van der Waals surface area contributed by atoms with Crippen molar-refractivity contribution in [3.8, 4) is 5.75 Å². The fraction of sp³-hybridized carbons (Fsp3) is 0.375. The van der Waals surface area contributed by atoms with Crippen molar-refractivity contribution in [1.29, 1.82) is 0 Å². The Morgan fingerprint density at radius 3 is 2.58 bits per heavy atom. The molecule has 3 nitrogen and oxygen atoms in total. The zero-order valence-corrected chi connectivity index (χ0v) is 11.0. The molecule has 19 heavy (non-hydrogen) atoms. The predicted octanol–water partition coefficient (Wildman–Crippen LogP) is 3.20. The van der Waals surface area contributed by atoms with Gasteiger partial charge in [0.2, 0.25) is 0 Å². The second-order valence-corrected chi connectivity index (χ2v) is 5.00. The highest BCUT2D eigenvalue weighted by Gasteiger charge is 2.10. The minimum Gasteiger partial charge on any atom is -0.486 e. The quantitative estimate of drug-likeness (QED) is 0.915. The van der Waals surface area contributed by atoms with E-state index >= 15 is 0 Å². The van der Waals surface area contributed by atoms with E-state index in [0.29, 0.717) is 13.2 Å². The van der Waals surface area contributed by atoms with Crippen molar-refractivity contribution in [2.45, 2.75) is 38.8 Å². The van der Waals surface area contributed by atoms with Crippen LogP contribution >= 0.6 is 0 Å². The highest BCUT2D eigenvalue weighted by Crippen LogP contribution is 2.25. The van der Waals surface area contributed by atoms with Crippen LogP contribution in [0, 0.1) is 0 Å². The first-order chi connectivity index (χ1) is 9.35. The molecule has 0 spiro atoms. The maximum atomic E-state index is 5.78. The maximum Gasteiger partial charge on any atom is 0.146 e. The molecule has 1 heterocycles. The molecule has 2 N–H and O–H groups in total. The Morgan fingerprint density at radius 1 is 1.00 bits per heavy atom. The Morgan fingerprint density at radius 2 is 1.79 bits per heavy atom. The van der Waals surface area contributed by atoms with Crippen LogP contribution in [0.1, 0.15) is 35.5 Å². The van der Waals surface area contributed by atoms with Gasteiger partial charge in [-0.15, -0.1) is 0 Å². The van der Waals surface area contributed by atoms with Gasteiger partial charge < -0.3 is 14.9 Å². The van der Waals surface area contributed by atoms with Crippen molar-refractivity contribution in [2.24, 2.45) is 5.73 Å². The molecule has 0 unspecified atom stereocenters. The van der Waals surface area contributed by atoms with Crippen LogP contribution < -0.4 is 10.5 Å². The van der Waals surface area contributed by atoms with Crippen LogP contribution in [0.5, 0.6) is 5.75 Å². The zero-order chi connectivity index (χ0) is 13.1. The first kappa shape index (κ1) is 12.3. The molecule has 100 valence electrons. The minimum atomic E-state index is 0.429. The van der Waals surface area contributed by atoms with E-state index < -0.39 is 0 Å². The number of fused-ring (bicyclic) bond motifs is 1. The molecular weight excluding hydrogens is 238 g/mol. The molecule has 0 saturated heterocycles. The van der Waals surface area contributed by atoms with Gasteiger partial charge >= 0.3 is 0 Å². The van der Waals surface area contributed by atoms with E-state index in [9.17, 15) is 0 Å². The number of nitrogens with two attached hydrogens (primary N) is 1. The van der Waals surface area contributed by atoms with Crippen LogP contribution in [-0.2, 0) is 26.0 Å². The Labute approximate surface area is 113 Å². The van der Waals surface area contributed by atoms with E-state index in [1.165, 1.54) is 36.8 Å². The van der Waals surface area contributed by atoms with E-state index in [1.807, 2.05) is 12.1 Å². The van der Waals surface area contributed by atoms with Crippen molar-refractivity contribution in [1.82, 2.24) is 0 Å². The van der Waals surface area contributed by atoms with Gasteiger partial charge in [0.1, 0.15) is 23.9 Å². The SMILES string of the molecule is NCc1ccc(COc2ccc3c(c2)CCCC3)o1. The molecule has 0 amide bonds. The van der Waals surface area contributed by atoms with Gasteiger partial charge in [-0.2, -0.15) is 0 Å². The molecule has 1 aromatic heterocycles. The fourth-order valence-electron chi connectivity index (χ4n) is 2.56. The Kier molecular flexibility index (Phi) is 3.56. The van der Waals surface area contributed by atoms with Crippen LogP contribution in [0.2, 0.25) is 0 Å². The van der Waals surface area contributed by atoms with Gasteiger partial charge in [-0.25, -0.2) is 0 Å². The number of hydrogen-bond donors (Lipinski definition) is 1. The number of ether oxygens (including phenoxy) is 1. The normalized spacial score (nSPS) is 14.2. The Balaban J connectivity index is 1.66. The van der Waals surface area contributed by atoms with Gasteiger partial charge in [0.05, 0.1) is 6.54 Å². The van der Waals surface area contributed by atoms with Crippen molar-refractivity contribution >= 4 is 0 Å². The average Bonchev–Trinajstić information content (AvgIpc) is 2.93. The molecule has 0 aliphatic heterocycles. The third kappa shape index (κ3) is 2.82. The lowest BCUT2D eigenvalue weighted by Crippen LogP contribution is -2.03. The van der Waals surface area contributed by atoms with Gasteiger partial charge in [0, 0.05) is 0 Å². The summed E-state index contributed by atoms with van der Waals surface area (Å²) in [5.74, 6) is 2.54. The summed E-state index contributed by atoms with van der Waals surface area (Å²) in [4.78, 5) is 0. The smallest absolute Gasteiger partial charge is 0.146 e. The lowest BCUT2D eigenvalue weighted by molar-refractivity contribution is 0.266. The molecule has 2 aromatic rings. The van der Waals surface area contributed by atoms with Crippen molar-refractivity contribution in [3.05, 3.63) is 53.0 Å². The van der Waals surface area contributed by atoms with Gasteiger partial charge in [-0.05, 0) is 61.1 Å². The summed E-state index contributed by atoms with van der Waals surface area (Å²) in [5, 5.41) is 0. The summed E-state index contributed by atoms with van der Waals surface area (Å²) in [5.41, 5.74) is 8.42. The van der Waals surface area contributed by atoms with E-state index in [2.05, 4.69) is 18.2 Å². The van der Waals surface area contributed by atoms with Crippen LogP contribution in [0.4, 0.5) is 0 Å². The van der Waals surface area contributed by atoms with Crippen molar-refractivity contribution in [2.75, 3.05) is 0 Å². The molecule has 0 fully saturated rings. The second-order valence-electron chi connectivity index (χ2n) is 5.00. The molecule has 1 aromatic carbocycles. The third-order valence-electron chi connectivity index (χ3n) is 3.62. The minimum absolute atomic E-state index is 0.429. The molecule has 0 atom stereocenters. The van der Waals surface area contributed by atoms with Gasteiger partial charge in [0.15, 0.2) is 0 Å². The number of furan rings is 1. The first-order valence-electron chi connectivity index (χ1n) is 6.87. The zero-order valence-electron chi connectivity index (χ0n) is 11.0. The van der Waals surface area contributed by atoms with E-state index in [0.717, 1.165) is 17.3 Å². The molecule has 3 rings (SSSR count). The molecule has 0 radical (unpaired) electrons. The number of aryl methyl sites for hydroxylation is 2. The standard InChI is InChI=1S/C16H19NO2/c17-10-15-7-8-16(19-15)11-18-14-6-5-12-3-1-2-4-13(12)9-14/h5-9H,1-4,10-11,17H2. The number of rotatable bonds is 4. The molecular formula is C16H19NO2. The summed E-state index contributed by atoms with van der Waals surface area (Å²) in [6.07, 6.45) is 4.97. The maximum absolute atomic E-state index is 5.78. The monoisotopic (exact) mass is 257 g/mol. The molecule has 0 saturated carbocycles. The van der Waals surface area contributed by atoms with Crippen molar-refractivity contribution in [3.63, 3.8) is 0 Å². The van der Waals surface area contributed by atoms with Crippen LogP contribution in [0.3, 0.4) is 0 Å². The highest BCUT2D eigenvalue weighted by atomic mass is 16.5. The second kappa shape index (κ2) is 5.49. The van der Waals surface area contributed by atoms with Gasteiger partial charge in [-0.3, -0.25) is 0 Å².